The van der Waals surface area contributed by atoms with E-state index in [0.717, 1.165) is 26.8 Å². The minimum Gasteiger partial charge on any atom is -0.365 e. The van der Waals surface area contributed by atoms with Crippen LogP contribution in [0.5, 0.6) is 0 Å². The first-order chi connectivity index (χ1) is 16.6. The number of carbonyl (C=O) groups excluding carboxylic acids is 1. The Morgan fingerprint density at radius 2 is 1.71 bits per heavy atom. The number of benzene rings is 2. The molecule has 0 unspecified atom stereocenters. The number of halogens is 1. The molecule has 3 heterocycles. The van der Waals surface area contributed by atoms with Crippen LogP contribution in [-0.4, -0.2) is 56.9 Å². The van der Waals surface area contributed by atoms with Gasteiger partial charge < -0.3 is 15.1 Å². The van der Waals surface area contributed by atoms with Gasteiger partial charge in [0.25, 0.3) is 5.91 Å². The third-order valence-corrected chi connectivity index (χ3v) is 6.32. The highest BCUT2D eigenvalue weighted by molar-refractivity contribution is 9.10. The molecule has 9 heteroatoms. The van der Waals surface area contributed by atoms with Crippen molar-refractivity contribution in [1.82, 2.24) is 24.8 Å². The van der Waals surface area contributed by atoms with E-state index in [1.165, 1.54) is 5.56 Å². The molecule has 0 saturated carbocycles. The number of nitrogens with one attached hydrogen (secondary N) is 1. The molecule has 0 spiro atoms. The van der Waals surface area contributed by atoms with E-state index in [1.54, 1.807) is 18.7 Å². The highest BCUT2D eigenvalue weighted by Gasteiger charge is 2.23. The van der Waals surface area contributed by atoms with Crippen LogP contribution in [0.1, 0.15) is 21.5 Å². The van der Waals surface area contributed by atoms with E-state index in [0.29, 0.717) is 44.2 Å². The lowest BCUT2D eigenvalue weighted by Gasteiger charge is -2.34. The summed E-state index contributed by atoms with van der Waals surface area (Å²) >= 11 is 3.36. The Balaban J connectivity index is 1.19. The number of aryl methyl sites for hydroxylation is 1. The van der Waals surface area contributed by atoms with Gasteiger partial charge in [0.15, 0.2) is 0 Å². The van der Waals surface area contributed by atoms with Crippen molar-refractivity contribution in [1.29, 1.82) is 0 Å². The van der Waals surface area contributed by atoms with Gasteiger partial charge in [-0.15, -0.1) is 0 Å². The fourth-order valence-corrected chi connectivity index (χ4v) is 4.23. The zero-order valence-corrected chi connectivity index (χ0v) is 20.4. The molecule has 1 saturated heterocycles. The van der Waals surface area contributed by atoms with Gasteiger partial charge in [0.2, 0.25) is 5.95 Å². The number of anilines is 2. The lowest BCUT2D eigenvalue weighted by atomic mass is 10.1. The van der Waals surface area contributed by atoms with Crippen LogP contribution in [0.2, 0.25) is 0 Å². The lowest BCUT2D eigenvalue weighted by molar-refractivity contribution is 0.0746. The zero-order chi connectivity index (χ0) is 23.5. The van der Waals surface area contributed by atoms with Crippen LogP contribution < -0.4 is 10.2 Å². The van der Waals surface area contributed by atoms with Gasteiger partial charge in [0, 0.05) is 56.1 Å². The van der Waals surface area contributed by atoms with Gasteiger partial charge >= 0.3 is 0 Å². The number of piperazine rings is 1. The van der Waals surface area contributed by atoms with E-state index < -0.39 is 0 Å². The van der Waals surface area contributed by atoms with E-state index >= 15 is 0 Å². The standard InChI is InChI=1S/C25H24BrN7O/c1-17-2-7-22-21(12-17)23(31-16-30-22)27-13-18-3-5-19(6-4-18)24(34)32-8-10-33(11-9-32)25-28-14-20(26)15-29-25/h2-7,12,14-16H,8-11,13H2,1H3,(H,27,30,31). The molecule has 2 aromatic heterocycles. The van der Waals surface area contributed by atoms with Gasteiger partial charge in [0.05, 0.1) is 9.99 Å². The first-order valence-electron chi connectivity index (χ1n) is 11.1. The average molecular weight is 518 g/mol. The van der Waals surface area contributed by atoms with Gasteiger partial charge in [-0.05, 0) is 52.7 Å². The third kappa shape index (κ3) is 4.84. The number of hydrogen-bond acceptors (Lipinski definition) is 7. The van der Waals surface area contributed by atoms with Crippen molar-refractivity contribution in [2.24, 2.45) is 0 Å². The second-order valence-corrected chi connectivity index (χ2v) is 9.19. The molecule has 4 aromatic rings. The molecule has 0 radical (unpaired) electrons. The van der Waals surface area contributed by atoms with Gasteiger partial charge in [-0.25, -0.2) is 19.9 Å². The Bertz CT molecular complexity index is 1300. The molecule has 1 fully saturated rings. The van der Waals surface area contributed by atoms with E-state index in [2.05, 4.69) is 59.1 Å². The number of aromatic nitrogens is 4. The molecule has 1 N–H and O–H groups in total. The number of carbonyl (C=O) groups is 1. The summed E-state index contributed by atoms with van der Waals surface area (Å²) in [4.78, 5) is 34.4. The van der Waals surface area contributed by atoms with Crippen LogP contribution in [0.3, 0.4) is 0 Å². The molecule has 34 heavy (non-hydrogen) atoms. The predicted octanol–water partition coefficient (Wildman–Crippen LogP) is 4.07. The highest BCUT2D eigenvalue weighted by Crippen LogP contribution is 2.21. The second-order valence-electron chi connectivity index (χ2n) is 8.27. The number of nitrogens with zero attached hydrogens (tertiary/aromatic N) is 6. The summed E-state index contributed by atoms with van der Waals surface area (Å²) in [7, 11) is 0. The summed E-state index contributed by atoms with van der Waals surface area (Å²) < 4.78 is 0.851. The van der Waals surface area contributed by atoms with E-state index in [4.69, 9.17) is 0 Å². The monoisotopic (exact) mass is 517 g/mol. The van der Waals surface area contributed by atoms with Crippen molar-refractivity contribution in [3.8, 4) is 0 Å². The van der Waals surface area contributed by atoms with E-state index in [-0.39, 0.29) is 5.91 Å². The predicted molar refractivity (Wildman–Crippen MR) is 136 cm³/mol. The summed E-state index contributed by atoms with van der Waals surface area (Å²) in [5, 5.41) is 4.40. The van der Waals surface area contributed by atoms with Gasteiger partial charge in [0.1, 0.15) is 12.1 Å². The zero-order valence-electron chi connectivity index (χ0n) is 18.8. The molecule has 5 rings (SSSR count). The number of fused-ring (bicyclic) bond motifs is 1. The second kappa shape index (κ2) is 9.72. The molecule has 0 atom stereocenters. The van der Waals surface area contributed by atoms with Crippen LogP contribution in [0.25, 0.3) is 10.9 Å². The Morgan fingerprint density at radius 3 is 2.44 bits per heavy atom. The van der Waals surface area contributed by atoms with Crippen LogP contribution in [0, 0.1) is 6.92 Å². The smallest absolute Gasteiger partial charge is 0.253 e. The number of amides is 1. The SMILES string of the molecule is Cc1ccc2ncnc(NCc3ccc(C(=O)N4CCN(c5ncc(Br)cn5)CC4)cc3)c2c1. The molecule has 2 aromatic carbocycles. The number of hydrogen-bond donors (Lipinski definition) is 1. The summed E-state index contributed by atoms with van der Waals surface area (Å²) in [6, 6.07) is 13.9. The molecule has 0 bridgehead atoms. The van der Waals surface area contributed by atoms with Crippen LogP contribution >= 0.6 is 15.9 Å². The van der Waals surface area contributed by atoms with Crippen LogP contribution in [0.15, 0.2) is 65.7 Å². The molecular weight excluding hydrogens is 494 g/mol. The van der Waals surface area contributed by atoms with Gasteiger partial charge in [-0.3, -0.25) is 4.79 Å². The van der Waals surface area contributed by atoms with E-state index in [1.807, 2.05) is 41.3 Å². The minimum absolute atomic E-state index is 0.0492. The first kappa shape index (κ1) is 22.2. The maximum absolute atomic E-state index is 13.0. The Hall–Kier alpha value is -3.59. The third-order valence-electron chi connectivity index (χ3n) is 5.91. The summed E-state index contributed by atoms with van der Waals surface area (Å²) in [5.41, 5.74) is 3.85. The quantitative estimate of drug-likeness (QED) is 0.426. The minimum atomic E-state index is 0.0492. The Morgan fingerprint density at radius 1 is 0.971 bits per heavy atom. The molecule has 172 valence electrons. The van der Waals surface area contributed by atoms with Crippen molar-refractivity contribution in [3.05, 3.63) is 82.3 Å². The Kier molecular flexibility index (Phi) is 6.35. The van der Waals surface area contributed by atoms with Gasteiger partial charge in [-0.1, -0.05) is 23.8 Å². The Labute approximate surface area is 206 Å². The van der Waals surface area contributed by atoms with E-state index in [9.17, 15) is 4.79 Å². The summed E-state index contributed by atoms with van der Waals surface area (Å²) in [5.74, 6) is 1.55. The van der Waals surface area contributed by atoms with Crippen LogP contribution in [-0.2, 0) is 6.54 Å². The van der Waals surface area contributed by atoms with Crippen molar-refractivity contribution in [2.45, 2.75) is 13.5 Å². The fraction of sp³-hybridized carbons (Fsp3) is 0.240. The lowest BCUT2D eigenvalue weighted by Crippen LogP contribution is -2.49. The van der Waals surface area contributed by atoms with Crippen LogP contribution in [0.4, 0.5) is 11.8 Å². The fourth-order valence-electron chi connectivity index (χ4n) is 4.02. The summed E-state index contributed by atoms with van der Waals surface area (Å²) in [6.07, 6.45) is 5.05. The van der Waals surface area contributed by atoms with Crippen molar-refractivity contribution in [2.75, 3.05) is 36.4 Å². The first-order valence-corrected chi connectivity index (χ1v) is 11.9. The highest BCUT2D eigenvalue weighted by atomic mass is 79.9. The average Bonchev–Trinajstić information content (AvgIpc) is 2.88. The molecule has 1 aliphatic heterocycles. The van der Waals surface area contributed by atoms with Crippen molar-refractivity contribution < 1.29 is 4.79 Å². The molecule has 1 amide bonds. The van der Waals surface area contributed by atoms with Crippen molar-refractivity contribution >= 4 is 44.5 Å². The molecule has 1 aliphatic rings. The molecular formula is C25H24BrN7O. The van der Waals surface area contributed by atoms with Crippen molar-refractivity contribution in [3.63, 3.8) is 0 Å². The normalized spacial score (nSPS) is 13.8. The maximum Gasteiger partial charge on any atom is 0.253 e. The maximum atomic E-state index is 13.0. The molecule has 8 nitrogen and oxygen atoms in total. The molecule has 0 aliphatic carbocycles. The summed E-state index contributed by atoms with van der Waals surface area (Å²) in [6.45, 7) is 5.37. The van der Waals surface area contributed by atoms with Gasteiger partial charge in [-0.2, -0.15) is 0 Å². The topological polar surface area (TPSA) is 87.1 Å². The number of rotatable bonds is 5. The largest absolute Gasteiger partial charge is 0.365 e.